The first-order valence-corrected chi connectivity index (χ1v) is 8.39. The molecule has 1 aliphatic carbocycles. The van der Waals surface area contributed by atoms with Crippen LogP contribution in [-0.4, -0.2) is 50.4 Å². The molecule has 1 saturated heterocycles. The van der Waals surface area contributed by atoms with Gasteiger partial charge >= 0.3 is 0 Å². The summed E-state index contributed by atoms with van der Waals surface area (Å²) >= 11 is 1.90. The van der Waals surface area contributed by atoms with Gasteiger partial charge in [-0.2, -0.15) is 0 Å². The van der Waals surface area contributed by atoms with Crippen molar-refractivity contribution in [1.29, 1.82) is 0 Å². The van der Waals surface area contributed by atoms with Crippen LogP contribution in [0.1, 0.15) is 32.1 Å². The minimum absolute atomic E-state index is 0.676. The molecule has 2 unspecified atom stereocenters. The number of methoxy groups -OCH3 is 1. The van der Waals surface area contributed by atoms with Gasteiger partial charge < -0.3 is 14.8 Å². The number of thioether (sulfide) groups is 1. The van der Waals surface area contributed by atoms with Crippen molar-refractivity contribution in [3.63, 3.8) is 0 Å². The van der Waals surface area contributed by atoms with Crippen molar-refractivity contribution >= 4 is 16.9 Å². The monoisotopic (exact) mass is 286 g/mol. The lowest BCUT2D eigenvalue weighted by molar-refractivity contribution is 0.0702. The van der Waals surface area contributed by atoms with Gasteiger partial charge in [-0.3, -0.25) is 4.99 Å². The molecule has 0 amide bonds. The maximum atomic E-state index is 5.43. The first kappa shape index (κ1) is 15.1. The zero-order valence-electron chi connectivity index (χ0n) is 11.9. The fraction of sp³-hybridized carbons (Fsp3) is 0.929. The molecule has 1 heterocycles. The average molecular weight is 286 g/mol. The molecule has 1 saturated carbocycles. The maximum absolute atomic E-state index is 5.43. The summed E-state index contributed by atoms with van der Waals surface area (Å²) in [5.41, 5.74) is 0. The van der Waals surface area contributed by atoms with Crippen LogP contribution in [0.5, 0.6) is 0 Å². The van der Waals surface area contributed by atoms with Crippen LogP contribution >= 0.6 is 11.8 Å². The molecular formula is C14H26N2O2S. The van der Waals surface area contributed by atoms with E-state index in [1.807, 2.05) is 11.8 Å². The fourth-order valence-electron chi connectivity index (χ4n) is 2.67. The lowest BCUT2D eigenvalue weighted by Crippen LogP contribution is -2.46. The maximum Gasteiger partial charge on any atom is 0.156 e. The second-order valence-corrected chi connectivity index (χ2v) is 6.26. The highest BCUT2D eigenvalue weighted by molar-refractivity contribution is 8.13. The smallest absolute Gasteiger partial charge is 0.156 e. The summed E-state index contributed by atoms with van der Waals surface area (Å²) in [5, 5.41) is 4.77. The fourth-order valence-corrected chi connectivity index (χ4v) is 3.85. The number of hydrogen-bond acceptors (Lipinski definition) is 4. The van der Waals surface area contributed by atoms with Gasteiger partial charge in [-0.25, -0.2) is 0 Å². The van der Waals surface area contributed by atoms with Crippen LogP contribution in [0.4, 0.5) is 0 Å². The molecule has 2 atom stereocenters. The molecular weight excluding hydrogens is 260 g/mol. The van der Waals surface area contributed by atoms with E-state index in [2.05, 4.69) is 10.3 Å². The van der Waals surface area contributed by atoms with Crippen molar-refractivity contribution in [2.24, 2.45) is 10.9 Å². The van der Waals surface area contributed by atoms with E-state index in [0.29, 0.717) is 19.3 Å². The predicted molar refractivity (Wildman–Crippen MR) is 81.0 cm³/mol. The molecule has 0 spiro atoms. The summed E-state index contributed by atoms with van der Waals surface area (Å²) in [6.07, 6.45) is 6.49. The molecule has 2 fully saturated rings. The standard InChI is InChI=1S/C14H26N2O2S/c1-17-9-10-18-8-4-7-15-14-16-13-6-3-2-5-12(13)11-19-14/h12-13H,2-11H2,1H3,(H,15,16). The predicted octanol–water partition coefficient (Wildman–Crippen LogP) is 2.29. The van der Waals surface area contributed by atoms with E-state index >= 15 is 0 Å². The highest BCUT2D eigenvalue weighted by Crippen LogP contribution is 2.31. The van der Waals surface area contributed by atoms with Crippen molar-refractivity contribution in [2.75, 3.05) is 39.2 Å². The first-order chi connectivity index (χ1) is 9.40. The van der Waals surface area contributed by atoms with Gasteiger partial charge in [0, 0.05) is 32.1 Å². The minimum atomic E-state index is 0.676. The number of rotatable bonds is 7. The van der Waals surface area contributed by atoms with Crippen LogP contribution in [0.2, 0.25) is 0 Å². The summed E-state index contributed by atoms with van der Waals surface area (Å²) in [4.78, 5) is 4.65. The normalized spacial score (nSPS) is 29.0. The number of nitrogens with zero attached hydrogens (tertiary/aromatic N) is 1. The molecule has 2 aliphatic rings. The van der Waals surface area contributed by atoms with E-state index in [9.17, 15) is 0 Å². The van der Waals surface area contributed by atoms with Gasteiger partial charge in [0.25, 0.3) is 0 Å². The topological polar surface area (TPSA) is 42.9 Å². The molecule has 0 bridgehead atoms. The minimum Gasteiger partial charge on any atom is -0.382 e. The van der Waals surface area contributed by atoms with Crippen LogP contribution < -0.4 is 5.32 Å². The molecule has 0 aromatic carbocycles. The van der Waals surface area contributed by atoms with Gasteiger partial charge in [0.05, 0.1) is 13.2 Å². The lowest BCUT2D eigenvalue weighted by atomic mass is 9.86. The molecule has 0 aromatic heterocycles. The van der Waals surface area contributed by atoms with Crippen molar-refractivity contribution < 1.29 is 9.47 Å². The zero-order chi connectivity index (χ0) is 13.3. The summed E-state index contributed by atoms with van der Waals surface area (Å²) in [6.45, 7) is 3.00. The van der Waals surface area contributed by atoms with Gasteiger partial charge in [0.1, 0.15) is 0 Å². The average Bonchev–Trinajstić information content (AvgIpc) is 2.46. The van der Waals surface area contributed by atoms with Crippen molar-refractivity contribution in [3.05, 3.63) is 0 Å². The molecule has 110 valence electrons. The Morgan fingerprint density at radius 3 is 3.05 bits per heavy atom. The third-order valence-electron chi connectivity index (χ3n) is 3.79. The number of fused-ring (bicyclic) bond motifs is 1. The molecule has 1 N–H and O–H groups in total. The van der Waals surface area contributed by atoms with E-state index in [1.165, 1.54) is 31.4 Å². The Morgan fingerprint density at radius 1 is 1.26 bits per heavy atom. The number of hydrogen-bond donors (Lipinski definition) is 1. The first-order valence-electron chi connectivity index (χ1n) is 7.40. The SMILES string of the molecule is COCCOCCCN=C1NC2CCCCC2CS1. The van der Waals surface area contributed by atoms with Gasteiger partial charge in [-0.1, -0.05) is 24.6 Å². The van der Waals surface area contributed by atoms with E-state index < -0.39 is 0 Å². The van der Waals surface area contributed by atoms with Gasteiger partial charge in [-0.15, -0.1) is 0 Å². The van der Waals surface area contributed by atoms with E-state index in [4.69, 9.17) is 9.47 Å². The van der Waals surface area contributed by atoms with Crippen LogP contribution in [0, 0.1) is 5.92 Å². The van der Waals surface area contributed by atoms with Crippen molar-refractivity contribution in [1.82, 2.24) is 5.32 Å². The Morgan fingerprint density at radius 2 is 2.16 bits per heavy atom. The zero-order valence-corrected chi connectivity index (χ0v) is 12.7. The van der Waals surface area contributed by atoms with Crippen LogP contribution in [0.3, 0.4) is 0 Å². The lowest BCUT2D eigenvalue weighted by Gasteiger charge is -2.36. The largest absolute Gasteiger partial charge is 0.382 e. The second-order valence-electron chi connectivity index (χ2n) is 5.25. The van der Waals surface area contributed by atoms with E-state index in [-0.39, 0.29) is 0 Å². The van der Waals surface area contributed by atoms with Crippen LogP contribution in [-0.2, 0) is 9.47 Å². The van der Waals surface area contributed by atoms with Crippen molar-refractivity contribution in [3.8, 4) is 0 Å². The Bertz CT molecular complexity index is 287. The Kier molecular flexibility index (Phi) is 7.03. The molecule has 5 heteroatoms. The quantitative estimate of drug-likeness (QED) is 0.729. The van der Waals surface area contributed by atoms with Crippen molar-refractivity contribution in [2.45, 2.75) is 38.1 Å². The highest BCUT2D eigenvalue weighted by Gasteiger charge is 2.29. The Balaban J connectivity index is 1.58. The summed E-state index contributed by atoms with van der Waals surface area (Å²) < 4.78 is 10.4. The Labute approximate surface area is 120 Å². The molecule has 4 nitrogen and oxygen atoms in total. The highest BCUT2D eigenvalue weighted by atomic mass is 32.2. The molecule has 0 radical (unpaired) electrons. The molecule has 0 aromatic rings. The van der Waals surface area contributed by atoms with Gasteiger partial charge in [0.2, 0.25) is 0 Å². The molecule has 2 rings (SSSR count). The number of aliphatic imine (C=N–C) groups is 1. The number of amidine groups is 1. The summed E-state index contributed by atoms with van der Waals surface area (Å²) in [6, 6.07) is 0.687. The molecule has 1 aliphatic heterocycles. The van der Waals surface area contributed by atoms with E-state index in [1.54, 1.807) is 7.11 Å². The number of nitrogens with one attached hydrogen (secondary N) is 1. The second kappa shape index (κ2) is 8.82. The van der Waals surface area contributed by atoms with E-state index in [0.717, 1.165) is 30.7 Å². The third kappa shape index (κ3) is 5.32. The van der Waals surface area contributed by atoms with Crippen LogP contribution in [0.15, 0.2) is 4.99 Å². The summed E-state index contributed by atoms with van der Waals surface area (Å²) in [7, 11) is 1.69. The third-order valence-corrected chi connectivity index (χ3v) is 4.90. The Hall–Kier alpha value is -0.260. The van der Waals surface area contributed by atoms with Gasteiger partial charge in [0.15, 0.2) is 5.17 Å². The van der Waals surface area contributed by atoms with Crippen LogP contribution in [0.25, 0.3) is 0 Å². The van der Waals surface area contributed by atoms with Gasteiger partial charge in [-0.05, 0) is 25.2 Å². The summed E-state index contributed by atoms with van der Waals surface area (Å²) in [5.74, 6) is 2.12. The molecule has 19 heavy (non-hydrogen) atoms. The number of ether oxygens (including phenoxy) is 2.